The maximum Gasteiger partial charge on any atom is 0.203 e. The summed E-state index contributed by atoms with van der Waals surface area (Å²) in [7, 11) is 1.69. The quantitative estimate of drug-likeness (QED) is 0.756. The van der Waals surface area contributed by atoms with E-state index in [0.29, 0.717) is 5.82 Å². The Hall–Kier alpha value is -1.13. The number of hydrogen-bond donors (Lipinski definition) is 0. The Morgan fingerprint density at radius 3 is 2.40 bits per heavy atom. The van der Waals surface area contributed by atoms with E-state index < -0.39 is 4.33 Å². The van der Waals surface area contributed by atoms with Crippen LogP contribution in [0.15, 0.2) is 30.3 Å². The van der Waals surface area contributed by atoms with Gasteiger partial charge in [-0.3, -0.25) is 0 Å². The fourth-order valence-corrected chi connectivity index (χ4v) is 1.84. The summed E-state index contributed by atoms with van der Waals surface area (Å²) in [5.41, 5.74) is 0.742. The summed E-state index contributed by atoms with van der Waals surface area (Å²) in [6, 6.07) is 9.27. The van der Waals surface area contributed by atoms with Crippen molar-refractivity contribution < 1.29 is 0 Å². The second-order valence-electron chi connectivity index (χ2n) is 3.07. The van der Waals surface area contributed by atoms with Gasteiger partial charge in [0, 0.05) is 7.05 Å². The lowest BCUT2D eigenvalue weighted by Gasteiger charge is -2.17. The van der Waals surface area contributed by atoms with Crippen molar-refractivity contribution in [2.45, 2.75) is 4.33 Å². The molecule has 0 aliphatic carbocycles. The zero-order chi connectivity index (χ0) is 10.9. The number of benzene rings is 1. The van der Waals surface area contributed by atoms with Crippen LogP contribution < -0.4 is 0 Å². The second-order valence-corrected chi connectivity index (χ2v) is 4.39. The Bertz CT molecular complexity index is 452. The largest absolute Gasteiger partial charge is 0.230 e. The molecule has 0 saturated heterocycles. The third kappa shape index (κ3) is 1.82. The molecule has 0 atom stereocenters. The number of halogens is 2. The van der Waals surface area contributed by atoms with Gasteiger partial charge >= 0.3 is 0 Å². The Balaban J connectivity index is 2.48. The minimum atomic E-state index is -1.22. The van der Waals surface area contributed by atoms with E-state index in [4.69, 9.17) is 23.2 Å². The van der Waals surface area contributed by atoms with Gasteiger partial charge in [-0.2, -0.15) is 0 Å². The molecule has 0 spiro atoms. The van der Waals surface area contributed by atoms with Crippen molar-refractivity contribution in [1.29, 1.82) is 0 Å². The second kappa shape index (κ2) is 3.79. The molecule has 0 unspecified atom stereocenters. The highest BCUT2D eigenvalue weighted by molar-refractivity contribution is 6.49. The van der Waals surface area contributed by atoms with Gasteiger partial charge in [-0.05, 0) is 16.0 Å². The van der Waals surface area contributed by atoms with Crippen molar-refractivity contribution in [3.05, 3.63) is 41.7 Å². The molecule has 4 nitrogen and oxygen atoms in total. The van der Waals surface area contributed by atoms with Gasteiger partial charge in [-0.1, -0.05) is 53.5 Å². The molecule has 0 radical (unpaired) electrons. The first-order chi connectivity index (χ1) is 7.12. The highest BCUT2D eigenvalue weighted by Crippen LogP contribution is 2.38. The Morgan fingerprint density at radius 2 is 1.87 bits per heavy atom. The van der Waals surface area contributed by atoms with Crippen LogP contribution >= 0.6 is 23.2 Å². The average Bonchev–Trinajstić information content (AvgIpc) is 2.66. The molecule has 0 aliphatic rings. The van der Waals surface area contributed by atoms with Gasteiger partial charge in [0.05, 0.1) is 0 Å². The number of nitrogens with zero attached hydrogens (tertiary/aromatic N) is 4. The molecular formula is C9H8Cl2N4. The number of alkyl halides is 2. The van der Waals surface area contributed by atoms with Crippen LogP contribution in [-0.2, 0) is 11.4 Å². The maximum atomic E-state index is 6.24. The molecular weight excluding hydrogens is 235 g/mol. The third-order valence-electron chi connectivity index (χ3n) is 2.04. The number of tetrazole rings is 1. The van der Waals surface area contributed by atoms with E-state index in [1.54, 1.807) is 7.05 Å². The standard InChI is InChI=1S/C9H8Cl2N4/c1-15-8(12-13-14-15)9(10,11)7-5-3-2-4-6-7/h2-6H,1H3. The minimum Gasteiger partial charge on any atom is -0.230 e. The monoisotopic (exact) mass is 242 g/mol. The van der Waals surface area contributed by atoms with Crippen LogP contribution in [0.2, 0.25) is 0 Å². The number of rotatable bonds is 2. The number of aryl methyl sites for hydroxylation is 1. The molecule has 0 saturated carbocycles. The van der Waals surface area contributed by atoms with Gasteiger partial charge in [-0.15, -0.1) is 5.10 Å². The molecule has 1 aromatic heterocycles. The lowest BCUT2D eigenvalue weighted by Crippen LogP contribution is -2.18. The van der Waals surface area contributed by atoms with E-state index in [0.717, 1.165) is 5.56 Å². The summed E-state index contributed by atoms with van der Waals surface area (Å²) in [6.45, 7) is 0. The first-order valence-corrected chi connectivity index (χ1v) is 5.04. The van der Waals surface area contributed by atoms with Gasteiger partial charge in [0.25, 0.3) is 0 Å². The Kier molecular flexibility index (Phi) is 2.63. The molecule has 0 bridgehead atoms. The third-order valence-corrected chi connectivity index (χ3v) is 2.81. The number of aromatic nitrogens is 4. The Labute approximate surface area is 96.8 Å². The van der Waals surface area contributed by atoms with Crippen LogP contribution in [-0.4, -0.2) is 20.2 Å². The normalized spacial score (nSPS) is 11.7. The SMILES string of the molecule is Cn1nnnc1C(Cl)(Cl)c1ccccc1. The van der Waals surface area contributed by atoms with Crippen LogP contribution in [0.3, 0.4) is 0 Å². The van der Waals surface area contributed by atoms with E-state index in [2.05, 4.69) is 15.5 Å². The molecule has 6 heteroatoms. The van der Waals surface area contributed by atoms with E-state index in [-0.39, 0.29) is 0 Å². The Morgan fingerprint density at radius 1 is 1.20 bits per heavy atom. The van der Waals surface area contributed by atoms with Crippen molar-refractivity contribution >= 4 is 23.2 Å². The van der Waals surface area contributed by atoms with E-state index in [1.165, 1.54) is 4.68 Å². The van der Waals surface area contributed by atoms with Gasteiger partial charge in [0.1, 0.15) is 0 Å². The van der Waals surface area contributed by atoms with Gasteiger partial charge in [0.2, 0.25) is 4.33 Å². The summed E-state index contributed by atoms with van der Waals surface area (Å²) < 4.78 is 0.229. The summed E-state index contributed by atoms with van der Waals surface area (Å²) in [5, 5.41) is 11.0. The van der Waals surface area contributed by atoms with Crippen molar-refractivity contribution in [3.63, 3.8) is 0 Å². The molecule has 0 N–H and O–H groups in total. The van der Waals surface area contributed by atoms with Crippen LogP contribution in [0.4, 0.5) is 0 Å². The lowest BCUT2D eigenvalue weighted by atomic mass is 10.1. The molecule has 2 rings (SSSR count). The molecule has 0 amide bonds. The molecule has 0 aliphatic heterocycles. The average molecular weight is 243 g/mol. The topological polar surface area (TPSA) is 43.6 Å². The molecule has 2 aromatic rings. The van der Waals surface area contributed by atoms with E-state index in [1.807, 2.05) is 30.3 Å². The smallest absolute Gasteiger partial charge is 0.203 e. The van der Waals surface area contributed by atoms with Crippen molar-refractivity contribution in [1.82, 2.24) is 20.2 Å². The van der Waals surface area contributed by atoms with Gasteiger partial charge in [-0.25, -0.2) is 4.68 Å². The van der Waals surface area contributed by atoms with Crippen LogP contribution in [0.25, 0.3) is 0 Å². The fourth-order valence-electron chi connectivity index (χ4n) is 1.27. The molecule has 15 heavy (non-hydrogen) atoms. The van der Waals surface area contributed by atoms with Crippen LogP contribution in [0.1, 0.15) is 11.4 Å². The zero-order valence-electron chi connectivity index (χ0n) is 7.93. The minimum absolute atomic E-state index is 0.400. The van der Waals surface area contributed by atoms with E-state index >= 15 is 0 Å². The predicted molar refractivity (Wildman–Crippen MR) is 57.7 cm³/mol. The first kappa shape index (κ1) is 10.4. The summed E-state index contributed by atoms with van der Waals surface area (Å²) in [5.74, 6) is 0.400. The lowest BCUT2D eigenvalue weighted by molar-refractivity contribution is 0.671. The van der Waals surface area contributed by atoms with Crippen molar-refractivity contribution in [2.24, 2.45) is 7.05 Å². The summed E-state index contributed by atoms with van der Waals surface area (Å²) >= 11 is 12.5. The van der Waals surface area contributed by atoms with Crippen molar-refractivity contribution in [2.75, 3.05) is 0 Å². The highest BCUT2D eigenvalue weighted by Gasteiger charge is 2.34. The summed E-state index contributed by atoms with van der Waals surface area (Å²) in [4.78, 5) is 0. The molecule has 1 aromatic carbocycles. The van der Waals surface area contributed by atoms with Gasteiger partial charge < -0.3 is 0 Å². The van der Waals surface area contributed by atoms with Crippen molar-refractivity contribution in [3.8, 4) is 0 Å². The summed E-state index contributed by atoms with van der Waals surface area (Å²) in [6.07, 6.45) is 0. The molecule has 0 fully saturated rings. The fraction of sp³-hybridized carbons (Fsp3) is 0.222. The number of hydrogen-bond acceptors (Lipinski definition) is 3. The van der Waals surface area contributed by atoms with E-state index in [9.17, 15) is 0 Å². The van der Waals surface area contributed by atoms with Crippen LogP contribution in [0, 0.1) is 0 Å². The molecule has 1 heterocycles. The zero-order valence-corrected chi connectivity index (χ0v) is 9.44. The first-order valence-electron chi connectivity index (χ1n) is 4.28. The maximum absolute atomic E-state index is 6.24. The van der Waals surface area contributed by atoms with Crippen LogP contribution in [0.5, 0.6) is 0 Å². The predicted octanol–water partition coefficient (Wildman–Crippen LogP) is 1.89. The molecule has 78 valence electrons. The highest BCUT2D eigenvalue weighted by atomic mass is 35.5. The van der Waals surface area contributed by atoms with Gasteiger partial charge in [0.15, 0.2) is 5.82 Å².